The maximum atomic E-state index is 4.33. The van der Waals surface area contributed by atoms with E-state index in [0.29, 0.717) is 5.92 Å². The van der Waals surface area contributed by atoms with Gasteiger partial charge in [-0.25, -0.2) is 9.97 Å². The van der Waals surface area contributed by atoms with Crippen LogP contribution in [0.2, 0.25) is 0 Å². The molecule has 4 heteroatoms. The van der Waals surface area contributed by atoms with Gasteiger partial charge in [0.2, 0.25) is 0 Å². The van der Waals surface area contributed by atoms with Crippen LogP contribution in [0, 0.1) is 0 Å². The zero-order valence-corrected chi connectivity index (χ0v) is 7.07. The number of hydrogen-bond donors (Lipinski definition) is 1. The van der Waals surface area contributed by atoms with Crippen LogP contribution in [0.5, 0.6) is 0 Å². The van der Waals surface area contributed by atoms with E-state index < -0.39 is 0 Å². The van der Waals surface area contributed by atoms with E-state index in [9.17, 15) is 0 Å². The van der Waals surface area contributed by atoms with E-state index in [1.807, 2.05) is 0 Å². The molecule has 0 saturated heterocycles. The monoisotopic (exact) mass is 162 g/mol. The van der Waals surface area contributed by atoms with Crippen LogP contribution in [0.15, 0.2) is 12.4 Å². The van der Waals surface area contributed by atoms with E-state index in [-0.39, 0.29) is 0 Å². The Kier molecular flexibility index (Phi) is 1.53. The van der Waals surface area contributed by atoms with Crippen molar-refractivity contribution in [3.63, 3.8) is 0 Å². The van der Waals surface area contributed by atoms with E-state index in [0.717, 1.165) is 16.9 Å². The van der Waals surface area contributed by atoms with Gasteiger partial charge < -0.3 is 0 Å². The van der Waals surface area contributed by atoms with Gasteiger partial charge in [-0.3, -0.25) is 5.10 Å². The average Bonchev–Trinajstić information content (AvgIpc) is 2.49. The lowest BCUT2D eigenvalue weighted by atomic mass is 10.2. The molecule has 0 unspecified atom stereocenters. The highest BCUT2D eigenvalue weighted by Gasteiger charge is 2.04. The number of aromatic amines is 1. The molecule has 62 valence electrons. The molecular formula is C8H10N4. The third kappa shape index (κ3) is 1.05. The first-order chi connectivity index (χ1) is 5.77. The standard InChI is InChI=1S/C8H10N4/c1-5(2)8-9-3-7-6(11-8)4-10-12-7/h3-5H,1-2H3,(H,10,12). The van der Waals surface area contributed by atoms with Crippen LogP contribution in [0.25, 0.3) is 11.0 Å². The lowest BCUT2D eigenvalue weighted by Crippen LogP contribution is -1.95. The zero-order chi connectivity index (χ0) is 8.55. The van der Waals surface area contributed by atoms with Crippen molar-refractivity contribution in [3.8, 4) is 0 Å². The van der Waals surface area contributed by atoms with Crippen molar-refractivity contribution >= 4 is 11.0 Å². The Bertz CT molecular complexity index is 391. The second-order valence-corrected chi connectivity index (χ2v) is 3.05. The number of rotatable bonds is 1. The summed E-state index contributed by atoms with van der Waals surface area (Å²) in [4.78, 5) is 8.53. The quantitative estimate of drug-likeness (QED) is 0.690. The van der Waals surface area contributed by atoms with E-state index in [1.165, 1.54) is 0 Å². The Morgan fingerprint density at radius 1 is 1.33 bits per heavy atom. The minimum absolute atomic E-state index is 0.365. The molecule has 0 aliphatic heterocycles. The van der Waals surface area contributed by atoms with Gasteiger partial charge in [0.05, 0.1) is 12.4 Å². The molecule has 12 heavy (non-hydrogen) atoms. The first-order valence-electron chi connectivity index (χ1n) is 3.93. The molecule has 0 aliphatic carbocycles. The molecule has 2 aromatic heterocycles. The molecule has 0 saturated carbocycles. The largest absolute Gasteiger partial charge is 0.275 e. The molecule has 0 atom stereocenters. The van der Waals surface area contributed by atoms with Gasteiger partial charge in [-0.05, 0) is 0 Å². The summed E-state index contributed by atoms with van der Waals surface area (Å²) in [6.07, 6.45) is 3.48. The average molecular weight is 162 g/mol. The van der Waals surface area contributed by atoms with E-state index in [2.05, 4.69) is 34.0 Å². The molecule has 0 aromatic carbocycles. The first kappa shape index (κ1) is 7.21. The van der Waals surface area contributed by atoms with Gasteiger partial charge in [0.15, 0.2) is 0 Å². The Hall–Kier alpha value is -1.45. The van der Waals surface area contributed by atoms with Crippen LogP contribution in [0.4, 0.5) is 0 Å². The maximum Gasteiger partial charge on any atom is 0.131 e. The van der Waals surface area contributed by atoms with Gasteiger partial charge in [-0.15, -0.1) is 0 Å². The van der Waals surface area contributed by atoms with Gasteiger partial charge in [0, 0.05) is 5.92 Å². The summed E-state index contributed by atoms with van der Waals surface area (Å²) in [5.74, 6) is 1.23. The summed E-state index contributed by atoms with van der Waals surface area (Å²) in [7, 11) is 0. The third-order valence-corrected chi connectivity index (χ3v) is 1.73. The second kappa shape index (κ2) is 2.55. The van der Waals surface area contributed by atoms with Gasteiger partial charge >= 0.3 is 0 Å². The maximum absolute atomic E-state index is 4.33. The molecule has 4 nitrogen and oxygen atoms in total. The van der Waals surface area contributed by atoms with Gasteiger partial charge in [-0.2, -0.15) is 5.10 Å². The number of fused-ring (bicyclic) bond motifs is 1. The van der Waals surface area contributed by atoms with Crippen molar-refractivity contribution in [2.75, 3.05) is 0 Å². The van der Waals surface area contributed by atoms with Gasteiger partial charge in [0.25, 0.3) is 0 Å². The molecule has 0 fully saturated rings. The highest BCUT2D eigenvalue weighted by molar-refractivity contribution is 5.71. The Morgan fingerprint density at radius 3 is 2.92 bits per heavy atom. The number of hydrogen-bond acceptors (Lipinski definition) is 3. The van der Waals surface area contributed by atoms with Crippen LogP contribution in [0.1, 0.15) is 25.6 Å². The normalized spacial score (nSPS) is 11.2. The van der Waals surface area contributed by atoms with Crippen LogP contribution >= 0.6 is 0 Å². The number of nitrogens with zero attached hydrogens (tertiary/aromatic N) is 3. The lowest BCUT2D eigenvalue weighted by molar-refractivity contribution is 0.783. The second-order valence-electron chi connectivity index (χ2n) is 3.05. The number of H-pyrrole nitrogens is 1. The highest BCUT2D eigenvalue weighted by atomic mass is 15.1. The summed E-state index contributed by atoms with van der Waals surface area (Å²) < 4.78 is 0. The van der Waals surface area contributed by atoms with Crippen molar-refractivity contribution in [3.05, 3.63) is 18.2 Å². The number of nitrogens with one attached hydrogen (secondary N) is 1. The summed E-state index contributed by atoms with van der Waals surface area (Å²) in [5, 5.41) is 6.68. The molecule has 2 heterocycles. The minimum atomic E-state index is 0.365. The molecule has 0 aliphatic rings. The lowest BCUT2D eigenvalue weighted by Gasteiger charge is -2.00. The number of aromatic nitrogens is 4. The van der Waals surface area contributed by atoms with Crippen molar-refractivity contribution in [1.29, 1.82) is 0 Å². The molecule has 0 radical (unpaired) electrons. The van der Waals surface area contributed by atoms with Crippen molar-refractivity contribution in [1.82, 2.24) is 20.2 Å². The zero-order valence-electron chi connectivity index (χ0n) is 7.07. The minimum Gasteiger partial charge on any atom is -0.275 e. The third-order valence-electron chi connectivity index (χ3n) is 1.73. The van der Waals surface area contributed by atoms with Gasteiger partial charge in [-0.1, -0.05) is 13.8 Å². The Labute approximate surface area is 70.0 Å². The van der Waals surface area contributed by atoms with Crippen LogP contribution in [-0.2, 0) is 0 Å². The predicted molar refractivity (Wildman–Crippen MR) is 45.8 cm³/mol. The highest BCUT2D eigenvalue weighted by Crippen LogP contribution is 2.11. The SMILES string of the molecule is CC(C)c1ncc2[nH]ncc2n1. The van der Waals surface area contributed by atoms with E-state index in [4.69, 9.17) is 0 Å². The van der Waals surface area contributed by atoms with Crippen molar-refractivity contribution in [2.45, 2.75) is 19.8 Å². The predicted octanol–water partition coefficient (Wildman–Crippen LogP) is 1.48. The topological polar surface area (TPSA) is 54.5 Å². The summed E-state index contributed by atoms with van der Waals surface area (Å²) >= 11 is 0. The molecule has 2 aromatic rings. The fourth-order valence-corrected chi connectivity index (χ4v) is 1.04. The Balaban J connectivity index is 2.60. The summed E-state index contributed by atoms with van der Waals surface area (Å²) in [6.45, 7) is 4.14. The summed E-state index contributed by atoms with van der Waals surface area (Å²) in [6, 6.07) is 0. The van der Waals surface area contributed by atoms with E-state index >= 15 is 0 Å². The molecule has 0 bridgehead atoms. The Morgan fingerprint density at radius 2 is 2.17 bits per heavy atom. The van der Waals surface area contributed by atoms with Crippen molar-refractivity contribution < 1.29 is 0 Å². The molecule has 0 amide bonds. The molecule has 0 spiro atoms. The van der Waals surface area contributed by atoms with Gasteiger partial charge in [0.1, 0.15) is 16.9 Å². The molecule has 1 N–H and O–H groups in total. The van der Waals surface area contributed by atoms with Crippen LogP contribution < -0.4 is 0 Å². The molecular weight excluding hydrogens is 152 g/mol. The van der Waals surface area contributed by atoms with Crippen LogP contribution in [0.3, 0.4) is 0 Å². The fraction of sp³-hybridized carbons (Fsp3) is 0.375. The first-order valence-corrected chi connectivity index (χ1v) is 3.93. The van der Waals surface area contributed by atoms with Crippen molar-refractivity contribution in [2.24, 2.45) is 0 Å². The summed E-state index contributed by atoms with van der Waals surface area (Å²) in [5.41, 5.74) is 1.77. The fourth-order valence-electron chi connectivity index (χ4n) is 1.04. The smallest absolute Gasteiger partial charge is 0.131 e. The molecule has 2 rings (SSSR count). The van der Waals surface area contributed by atoms with E-state index in [1.54, 1.807) is 12.4 Å². The van der Waals surface area contributed by atoms with Crippen LogP contribution in [-0.4, -0.2) is 20.2 Å².